The molecule has 0 spiro atoms. The molecule has 7 nitrogen and oxygen atoms in total. The highest BCUT2D eigenvalue weighted by Crippen LogP contribution is 2.52. The lowest BCUT2D eigenvalue weighted by Gasteiger charge is -2.29. The lowest BCUT2D eigenvalue weighted by atomic mass is 9.88. The number of hydrogen-bond acceptors (Lipinski definition) is 4. The summed E-state index contributed by atoms with van der Waals surface area (Å²) < 4.78 is 90.2. The summed E-state index contributed by atoms with van der Waals surface area (Å²) in [6, 6.07) is 0.186. The number of terminal acetylenes is 1. The number of carboxylic acids is 1. The van der Waals surface area contributed by atoms with Gasteiger partial charge in [0.25, 0.3) is 5.56 Å². The van der Waals surface area contributed by atoms with E-state index in [1.165, 1.54) is 13.8 Å². The molecule has 4 rings (SSSR count). The number of rotatable bonds is 12. The summed E-state index contributed by atoms with van der Waals surface area (Å²) in [4.78, 5) is 41.2. The van der Waals surface area contributed by atoms with E-state index in [0.717, 1.165) is 29.0 Å². The molecule has 1 aliphatic carbocycles. The van der Waals surface area contributed by atoms with Crippen LogP contribution < -0.4 is 10.9 Å². The Morgan fingerprint density at radius 1 is 1.06 bits per heavy atom. The van der Waals surface area contributed by atoms with Crippen molar-refractivity contribution >= 4 is 11.9 Å². The van der Waals surface area contributed by atoms with Gasteiger partial charge in [-0.3, -0.25) is 14.4 Å². The van der Waals surface area contributed by atoms with Crippen LogP contribution in [0, 0.1) is 49.6 Å². The van der Waals surface area contributed by atoms with Crippen LogP contribution in [-0.4, -0.2) is 47.1 Å². The Bertz CT molecular complexity index is 1900. The van der Waals surface area contributed by atoms with Gasteiger partial charge in [0.15, 0.2) is 0 Å². The number of halogens is 6. The normalized spacial score (nSPS) is 15.1. The van der Waals surface area contributed by atoms with Crippen molar-refractivity contribution in [2.75, 3.05) is 20.6 Å². The van der Waals surface area contributed by atoms with Crippen LogP contribution in [0.15, 0.2) is 35.3 Å². The lowest BCUT2D eigenvalue weighted by molar-refractivity contribution is -0.139. The van der Waals surface area contributed by atoms with Gasteiger partial charge in [-0.15, -0.1) is 6.42 Å². The highest BCUT2D eigenvalue weighted by atomic mass is 19.4. The first-order valence-corrected chi connectivity index (χ1v) is 16.0. The number of pyridine rings is 1. The molecule has 0 radical (unpaired) electrons. The van der Waals surface area contributed by atoms with Crippen LogP contribution in [0.5, 0.6) is 0 Å². The van der Waals surface area contributed by atoms with Crippen molar-refractivity contribution < 1.29 is 41.0 Å². The average molecular weight is 704 g/mol. The first kappa shape index (κ1) is 38.2. The molecule has 50 heavy (non-hydrogen) atoms. The summed E-state index contributed by atoms with van der Waals surface area (Å²) in [5, 5.41) is 12.1. The molecule has 1 fully saturated rings. The molecule has 1 aromatic heterocycles. The second kappa shape index (κ2) is 14.3. The number of hydrogen-bond donors (Lipinski definition) is 2. The molecular weight excluding hydrogens is 664 g/mol. The van der Waals surface area contributed by atoms with Gasteiger partial charge in [0.05, 0.1) is 18.0 Å². The molecule has 1 amide bonds. The third kappa shape index (κ3) is 7.91. The van der Waals surface area contributed by atoms with E-state index in [0.29, 0.717) is 18.9 Å². The lowest BCUT2D eigenvalue weighted by Crippen LogP contribution is -2.41. The van der Waals surface area contributed by atoms with Crippen molar-refractivity contribution in [3.63, 3.8) is 0 Å². The Morgan fingerprint density at radius 3 is 2.14 bits per heavy atom. The number of aryl methyl sites for hydroxylation is 2. The Labute approximate surface area is 286 Å². The molecule has 1 aliphatic rings. The van der Waals surface area contributed by atoms with Gasteiger partial charge in [0.1, 0.15) is 23.5 Å². The van der Waals surface area contributed by atoms with E-state index in [1.807, 2.05) is 0 Å². The molecule has 2 N–H and O–H groups in total. The molecular formula is C37H39F6N3O4. The Kier molecular flexibility index (Phi) is 11.0. The number of aromatic nitrogens is 1. The second-order valence-corrected chi connectivity index (χ2v) is 13.7. The van der Waals surface area contributed by atoms with Gasteiger partial charge in [-0.05, 0) is 93.6 Å². The predicted molar refractivity (Wildman–Crippen MR) is 176 cm³/mol. The van der Waals surface area contributed by atoms with Crippen molar-refractivity contribution in [3.8, 4) is 23.5 Å². The molecule has 1 heterocycles. The third-order valence-corrected chi connectivity index (χ3v) is 8.96. The van der Waals surface area contributed by atoms with E-state index >= 15 is 8.78 Å². The van der Waals surface area contributed by atoms with Crippen molar-refractivity contribution in [2.45, 2.75) is 77.1 Å². The quantitative estimate of drug-likeness (QED) is 0.156. The molecule has 2 atom stereocenters. The monoisotopic (exact) mass is 703 g/mol. The van der Waals surface area contributed by atoms with Crippen molar-refractivity contribution in [2.24, 2.45) is 5.92 Å². The topological polar surface area (TPSA) is 91.6 Å². The number of carboxylic acid groups (broad SMARTS) is 1. The zero-order chi connectivity index (χ0) is 37.5. The summed E-state index contributed by atoms with van der Waals surface area (Å²) >= 11 is 0. The van der Waals surface area contributed by atoms with E-state index in [9.17, 15) is 37.1 Å². The van der Waals surface area contributed by atoms with Crippen LogP contribution in [0.4, 0.5) is 26.3 Å². The molecule has 0 aliphatic heterocycles. The molecule has 3 aromatic rings. The Hall–Kier alpha value is -4.57. The Balaban J connectivity index is 1.89. The van der Waals surface area contributed by atoms with Gasteiger partial charge >= 0.3 is 12.1 Å². The second-order valence-electron chi connectivity index (χ2n) is 13.7. The summed E-state index contributed by atoms with van der Waals surface area (Å²) in [6.07, 6.45) is 1.50. The number of nitrogens with zero attached hydrogens (tertiary/aromatic N) is 2. The van der Waals surface area contributed by atoms with E-state index in [1.54, 1.807) is 32.8 Å². The SMILES string of the molecule is C#Cc1cc(F)c([C@@H](CC(=O)O)NC(=O)[C@@H](CC(C)C)n2cc(C3(CN(C)C)CC3)c(C(F)(F)F)cc2=O)c(F)c1-c1c(C)cc(F)cc1C. The van der Waals surface area contributed by atoms with Gasteiger partial charge < -0.3 is 19.9 Å². The standard InChI is InChI=1S/C37H39F6N3O4/c1-8-22-14-26(39)33(34(40)32(22)31-20(4)12-23(38)13-21(31)5)27(16-30(48)49)44-35(50)28(11-19(2)3)46-17-25(36(9-10-36)18-45(6)7)24(15-29(46)47)37(41,42)43/h1,12-15,17,19,27-28H,9-11,16,18H2,2-7H3,(H,44,50)(H,48,49)/t27-,28-/m1/s1. The number of benzene rings is 2. The fraction of sp³-hybridized carbons (Fsp3) is 0.432. The van der Waals surface area contributed by atoms with E-state index < -0.39 is 76.1 Å². The molecule has 0 saturated heterocycles. The first-order chi connectivity index (χ1) is 23.2. The van der Waals surface area contributed by atoms with Crippen LogP contribution in [-0.2, 0) is 21.2 Å². The van der Waals surface area contributed by atoms with Gasteiger partial charge in [-0.2, -0.15) is 13.2 Å². The van der Waals surface area contributed by atoms with Crippen LogP contribution in [0.1, 0.15) is 85.0 Å². The predicted octanol–water partition coefficient (Wildman–Crippen LogP) is 7.06. The van der Waals surface area contributed by atoms with E-state index in [2.05, 4.69) is 11.2 Å². The zero-order valence-corrected chi connectivity index (χ0v) is 28.6. The molecule has 0 bridgehead atoms. The minimum Gasteiger partial charge on any atom is -0.481 e. The Morgan fingerprint density at radius 2 is 1.66 bits per heavy atom. The molecule has 0 unspecified atom stereocenters. The summed E-state index contributed by atoms with van der Waals surface area (Å²) in [5.41, 5.74) is -4.05. The molecule has 1 saturated carbocycles. The van der Waals surface area contributed by atoms with Crippen LogP contribution in [0.3, 0.4) is 0 Å². The van der Waals surface area contributed by atoms with Crippen LogP contribution >= 0.6 is 0 Å². The number of alkyl halides is 3. The first-order valence-electron chi connectivity index (χ1n) is 16.0. The minimum absolute atomic E-state index is 0.0861. The zero-order valence-electron chi connectivity index (χ0n) is 28.6. The highest BCUT2D eigenvalue weighted by Gasteiger charge is 2.50. The van der Waals surface area contributed by atoms with Gasteiger partial charge in [-0.1, -0.05) is 19.8 Å². The highest BCUT2D eigenvalue weighted by molar-refractivity contribution is 5.83. The smallest absolute Gasteiger partial charge is 0.416 e. The number of carbonyl (C=O) groups is 2. The third-order valence-electron chi connectivity index (χ3n) is 8.96. The molecule has 268 valence electrons. The number of aliphatic carboxylic acids is 1. The van der Waals surface area contributed by atoms with E-state index in [4.69, 9.17) is 6.42 Å². The van der Waals surface area contributed by atoms with E-state index in [-0.39, 0.29) is 52.3 Å². The number of amides is 1. The maximum Gasteiger partial charge on any atom is 0.416 e. The van der Waals surface area contributed by atoms with Crippen LogP contribution in [0.25, 0.3) is 11.1 Å². The van der Waals surface area contributed by atoms with Gasteiger partial charge in [-0.25, -0.2) is 13.2 Å². The molecule has 13 heteroatoms. The maximum atomic E-state index is 16.6. The van der Waals surface area contributed by atoms with Gasteiger partial charge in [0, 0.05) is 40.9 Å². The maximum absolute atomic E-state index is 16.6. The fourth-order valence-electron chi connectivity index (χ4n) is 6.80. The van der Waals surface area contributed by atoms with Crippen molar-refractivity contribution in [1.29, 1.82) is 0 Å². The minimum atomic E-state index is -4.86. The molecule has 2 aromatic carbocycles. The van der Waals surface area contributed by atoms with Crippen molar-refractivity contribution in [3.05, 3.63) is 91.6 Å². The fourth-order valence-corrected chi connectivity index (χ4v) is 6.80. The van der Waals surface area contributed by atoms with Crippen molar-refractivity contribution in [1.82, 2.24) is 14.8 Å². The average Bonchev–Trinajstić information content (AvgIpc) is 3.74. The number of nitrogens with one attached hydrogen (secondary N) is 1. The summed E-state index contributed by atoms with van der Waals surface area (Å²) in [6.45, 7) is 6.63. The summed E-state index contributed by atoms with van der Waals surface area (Å²) in [7, 11) is 3.42. The summed E-state index contributed by atoms with van der Waals surface area (Å²) in [5.74, 6) is -3.84. The number of carbonyl (C=O) groups excluding carboxylic acids is 1. The van der Waals surface area contributed by atoms with Gasteiger partial charge in [0.2, 0.25) is 5.91 Å². The largest absolute Gasteiger partial charge is 0.481 e. The number of likely N-dealkylation sites (N-methyl/N-ethyl adjacent to an activating group) is 1. The van der Waals surface area contributed by atoms with Crippen LogP contribution in [0.2, 0.25) is 0 Å².